The Morgan fingerprint density at radius 1 is 1.52 bits per heavy atom. The highest BCUT2D eigenvalue weighted by atomic mass is 32.2. The molecule has 1 fully saturated rings. The Balaban J connectivity index is 2.38. The zero-order chi connectivity index (χ0) is 15.7. The summed E-state index contributed by atoms with van der Waals surface area (Å²) in [4.78, 5) is 2.25. The quantitative estimate of drug-likeness (QED) is 0.886. The standard InChI is InChI=1S/C13H23N3O3S2/c1-4-8-21(17,18)10-11(14)15-20-12(10)16-7-5-6-13(2,9-16)19-3/h4-9H2,1-3H3,(H2,14,15). The van der Waals surface area contributed by atoms with Crippen LogP contribution in [0.4, 0.5) is 10.8 Å². The van der Waals surface area contributed by atoms with Crippen LogP contribution in [0.2, 0.25) is 0 Å². The monoisotopic (exact) mass is 333 g/mol. The summed E-state index contributed by atoms with van der Waals surface area (Å²) in [5.41, 5.74) is 5.57. The van der Waals surface area contributed by atoms with Crippen molar-refractivity contribution >= 4 is 32.2 Å². The van der Waals surface area contributed by atoms with Gasteiger partial charge in [0.05, 0.1) is 11.4 Å². The minimum absolute atomic E-state index is 0.0952. The SMILES string of the molecule is CCCS(=O)(=O)c1c(N)nsc1N1CCCC(C)(OC)C1. The second-order valence-electron chi connectivity index (χ2n) is 5.70. The number of rotatable bonds is 5. The molecular formula is C13H23N3O3S2. The van der Waals surface area contributed by atoms with Crippen LogP contribution in [0.1, 0.15) is 33.1 Å². The van der Waals surface area contributed by atoms with Crippen LogP contribution in [0.15, 0.2) is 4.90 Å². The lowest BCUT2D eigenvalue weighted by atomic mass is 9.95. The van der Waals surface area contributed by atoms with Crippen molar-refractivity contribution in [2.24, 2.45) is 0 Å². The lowest BCUT2D eigenvalue weighted by Crippen LogP contribution is -2.47. The Bertz CT molecular complexity index is 600. The van der Waals surface area contributed by atoms with Crippen molar-refractivity contribution in [3.05, 3.63) is 0 Å². The van der Waals surface area contributed by atoms with Crippen LogP contribution in [0.3, 0.4) is 0 Å². The van der Waals surface area contributed by atoms with Gasteiger partial charge in [-0.2, -0.15) is 4.37 Å². The summed E-state index contributed by atoms with van der Waals surface area (Å²) < 4.78 is 34.5. The van der Waals surface area contributed by atoms with Gasteiger partial charge < -0.3 is 15.4 Å². The Hall–Kier alpha value is -0.860. The fourth-order valence-corrected chi connectivity index (χ4v) is 5.48. The summed E-state index contributed by atoms with van der Waals surface area (Å²) in [7, 11) is -1.69. The van der Waals surface area contributed by atoms with E-state index in [4.69, 9.17) is 10.5 Å². The van der Waals surface area contributed by atoms with E-state index in [2.05, 4.69) is 4.37 Å². The number of nitrogens with zero attached hydrogens (tertiary/aromatic N) is 2. The lowest BCUT2D eigenvalue weighted by molar-refractivity contribution is -0.00460. The van der Waals surface area contributed by atoms with Crippen LogP contribution in [-0.2, 0) is 14.6 Å². The maximum Gasteiger partial charge on any atom is 0.185 e. The minimum atomic E-state index is -3.38. The molecule has 21 heavy (non-hydrogen) atoms. The van der Waals surface area contributed by atoms with Crippen molar-refractivity contribution in [3.8, 4) is 0 Å². The summed E-state index contributed by atoms with van der Waals surface area (Å²) in [5, 5.41) is 0.656. The second kappa shape index (κ2) is 6.10. The maximum atomic E-state index is 12.4. The van der Waals surface area contributed by atoms with E-state index >= 15 is 0 Å². The summed E-state index contributed by atoms with van der Waals surface area (Å²) in [6.07, 6.45) is 2.48. The second-order valence-corrected chi connectivity index (χ2v) is 8.50. The van der Waals surface area contributed by atoms with Gasteiger partial charge in [0.15, 0.2) is 15.7 Å². The van der Waals surface area contributed by atoms with Gasteiger partial charge in [0.25, 0.3) is 0 Å². The number of sulfone groups is 1. The normalized spacial score (nSPS) is 23.5. The molecule has 0 bridgehead atoms. The number of aromatic nitrogens is 1. The average molecular weight is 333 g/mol. The molecule has 120 valence electrons. The Morgan fingerprint density at radius 2 is 2.24 bits per heavy atom. The van der Waals surface area contributed by atoms with E-state index < -0.39 is 9.84 Å². The zero-order valence-corrected chi connectivity index (χ0v) is 14.4. The third-order valence-corrected chi connectivity index (χ3v) is 6.90. The summed E-state index contributed by atoms with van der Waals surface area (Å²) in [6, 6.07) is 0. The molecule has 2 heterocycles. The first-order valence-corrected chi connectivity index (χ1v) is 9.53. The molecule has 1 aromatic rings. The molecule has 0 aromatic carbocycles. The van der Waals surface area contributed by atoms with Crippen LogP contribution in [-0.4, -0.2) is 44.3 Å². The van der Waals surface area contributed by atoms with Crippen LogP contribution < -0.4 is 10.6 Å². The molecule has 1 aliphatic heterocycles. The molecular weight excluding hydrogens is 310 g/mol. The Labute approximate surface area is 130 Å². The molecule has 8 heteroatoms. The van der Waals surface area contributed by atoms with Gasteiger partial charge in [0, 0.05) is 20.2 Å². The molecule has 0 saturated carbocycles. The molecule has 1 atom stereocenters. The number of methoxy groups -OCH3 is 1. The van der Waals surface area contributed by atoms with E-state index in [1.807, 2.05) is 18.7 Å². The topological polar surface area (TPSA) is 85.5 Å². The molecule has 6 nitrogen and oxygen atoms in total. The molecule has 1 saturated heterocycles. The minimum Gasteiger partial charge on any atom is -0.382 e. The van der Waals surface area contributed by atoms with E-state index in [1.54, 1.807) is 7.11 Å². The largest absolute Gasteiger partial charge is 0.382 e. The summed E-state index contributed by atoms with van der Waals surface area (Å²) in [5.74, 6) is 0.214. The third-order valence-electron chi connectivity index (χ3n) is 3.88. The highest BCUT2D eigenvalue weighted by molar-refractivity contribution is 7.91. The van der Waals surface area contributed by atoms with Crippen LogP contribution >= 0.6 is 11.5 Å². The van der Waals surface area contributed by atoms with E-state index in [0.717, 1.165) is 30.9 Å². The van der Waals surface area contributed by atoms with Crippen molar-refractivity contribution in [3.63, 3.8) is 0 Å². The van der Waals surface area contributed by atoms with Gasteiger partial charge >= 0.3 is 0 Å². The molecule has 0 radical (unpaired) electrons. The van der Waals surface area contributed by atoms with E-state index in [9.17, 15) is 8.42 Å². The van der Waals surface area contributed by atoms with Gasteiger partial charge in [0.1, 0.15) is 9.90 Å². The molecule has 0 spiro atoms. The molecule has 1 aliphatic rings. The molecule has 0 aliphatic carbocycles. The van der Waals surface area contributed by atoms with Crippen LogP contribution in [0.5, 0.6) is 0 Å². The molecule has 1 unspecified atom stereocenters. The summed E-state index contributed by atoms with van der Waals surface area (Å²) in [6.45, 7) is 5.34. The zero-order valence-electron chi connectivity index (χ0n) is 12.8. The van der Waals surface area contributed by atoms with Crippen LogP contribution in [0.25, 0.3) is 0 Å². The summed E-state index contributed by atoms with van der Waals surface area (Å²) >= 11 is 1.16. The first-order chi connectivity index (χ1) is 9.83. The highest BCUT2D eigenvalue weighted by Gasteiger charge is 2.35. The first kappa shape index (κ1) is 16.5. The van der Waals surface area contributed by atoms with E-state index in [1.165, 1.54) is 0 Å². The number of hydrogen-bond acceptors (Lipinski definition) is 7. The van der Waals surface area contributed by atoms with Gasteiger partial charge in [-0.15, -0.1) is 0 Å². The number of nitrogens with two attached hydrogens (primary N) is 1. The van der Waals surface area contributed by atoms with Gasteiger partial charge in [0.2, 0.25) is 0 Å². The Morgan fingerprint density at radius 3 is 2.86 bits per heavy atom. The number of ether oxygens (including phenoxy) is 1. The first-order valence-electron chi connectivity index (χ1n) is 7.11. The molecule has 2 N–H and O–H groups in total. The number of piperidine rings is 1. The smallest absolute Gasteiger partial charge is 0.185 e. The third kappa shape index (κ3) is 3.32. The average Bonchev–Trinajstić information content (AvgIpc) is 2.81. The van der Waals surface area contributed by atoms with Crippen molar-refractivity contribution in [1.82, 2.24) is 4.37 Å². The fourth-order valence-electron chi connectivity index (χ4n) is 2.70. The maximum absolute atomic E-state index is 12.4. The molecule has 2 rings (SSSR count). The fraction of sp³-hybridized carbons (Fsp3) is 0.769. The van der Waals surface area contributed by atoms with Crippen molar-refractivity contribution in [2.45, 2.75) is 43.6 Å². The predicted molar refractivity (Wildman–Crippen MR) is 85.7 cm³/mol. The lowest BCUT2D eigenvalue weighted by Gasteiger charge is -2.40. The Kier molecular flexibility index (Phi) is 4.79. The van der Waals surface area contributed by atoms with Gasteiger partial charge in [-0.3, -0.25) is 0 Å². The molecule has 1 aromatic heterocycles. The van der Waals surface area contributed by atoms with Gasteiger partial charge in [-0.25, -0.2) is 8.42 Å². The molecule has 0 amide bonds. The van der Waals surface area contributed by atoms with Crippen molar-refractivity contribution < 1.29 is 13.2 Å². The van der Waals surface area contributed by atoms with Gasteiger partial charge in [-0.05, 0) is 37.7 Å². The highest BCUT2D eigenvalue weighted by Crippen LogP contribution is 2.38. The van der Waals surface area contributed by atoms with E-state index in [-0.39, 0.29) is 22.1 Å². The van der Waals surface area contributed by atoms with Crippen molar-refractivity contribution in [2.75, 3.05) is 36.6 Å². The predicted octanol–water partition coefficient (Wildman–Crippen LogP) is 1.91. The van der Waals surface area contributed by atoms with Crippen LogP contribution in [0, 0.1) is 0 Å². The number of nitrogen functional groups attached to an aromatic ring is 1. The van der Waals surface area contributed by atoms with Crippen molar-refractivity contribution in [1.29, 1.82) is 0 Å². The van der Waals surface area contributed by atoms with Gasteiger partial charge in [-0.1, -0.05) is 6.92 Å². The van der Waals surface area contributed by atoms with E-state index in [0.29, 0.717) is 18.0 Å². The number of anilines is 2. The number of hydrogen-bond donors (Lipinski definition) is 1.